The van der Waals surface area contributed by atoms with Gasteiger partial charge in [-0.1, -0.05) is 25.5 Å². The first-order chi connectivity index (χ1) is 10.3. The van der Waals surface area contributed by atoms with Crippen LogP contribution in [0.15, 0.2) is 24.3 Å². The number of ether oxygens (including phenoxy) is 1. The van der Waals surface area contributed by atoms with Crippen molar-refractivity contribution in [3.63, 3.8) is 0 Å². The van der Waals surface area contributed by atoms with Gasteiger partial charge in [-0.25, -0.2) is 0 Å². The Hall–Kier alpha value is -1.06. The van der Waals surface area contributed by atoms with Crippen LogP contribution in [0.3, 0.4) is 0 Å². The Balaban J connectivity index is 1.89. The van der Waals surface area contributed by atoms with E-state index in [4.69, 9.17) is 4.74 Å². The molecule has 1 unspecified atom stereocenters. The molecule has 0 spiro atoms. The predicted molar refractivity (Wildman–Crippen MR) is 88.8 cm³/mol. The molecular weight excluding hydrogens is 260 g/mol. The van der Waals surface area contributed by atoms with Crippen molar-refractivity contribution in [3.8, 4) is 5.75 Å². The molecular formula is C18H30N2O. The Bertz CT molecular complexity index is 391. The van der Waals surface area contributed by atoms with Crippen LogP contribution in [-0.2, 0) is 6.54 Å². The van der Waals surface area contributed by atoms with Crippen LogP contribution < -0.4 is 10.1 Å². The lowest BCUT2D eigenvalue weighted by Crippen LogP contribution is -2.40. The van der Waals surface area contributed by atoms with Crippen LogP contribution in [0.4, 0.5) is 0 Å². The van der Waals surface area contributed by atoms with Crippen molar-refractivity contribution in [2.75, 3.05) is 26.7 Å². The van der Waals surface area contributed by atoms with E-state index < -0.39 is 0 Å². The van der Waals surface area contributed by atoms with Crippen molar-refractivity contribution in [1.82, 2.24) is 10.2 Å². The molecule has 21 heavy (non-hydrogen) atoms. The largest absolute Gasteiger partial charge is 0.494 e. The Labute approximate surface area is 129 Å². The molecule has 0 saturated carbocycles. The number of nitrogens with one attached hydrogen (secondary N) is 1. The van der Waals surface area contributed by atoms with Gasteiger partial charge >= 0.3 is 0 Å². The molecule has 1 N–H and O–H groups in total. The summed E-state index contributed by atoms with van der Waals surface area (Å²) in [6.45, 7) is 6.36. The van der Waals surface area contributed by atoms with Crippen LogP contribution in [0.5, 0.6) is 5.75 Å². The van der Waals surface area contributed by atoms with Crippen LogP contribution in [0, 0.1) is 0 Å². The minimum atomic E-state index is 0.738. The second-order valence-corrected chi connectivity index (χ2v) is 6.00. The monoisotopic (exact) mass is 290 g/mol. The first-order valence-electron chi connectivity index (χ1n) is 8.44. The summed E-state index contributed by atoms with van der Waals surface area (Å²) >= 11 is 0. The summed E-state index contributed by atoms with van der Waals surface area (Å²) in [4.78, 5) is 2.66. The van der Waals surface area contributed by atoms with Gasteiger partial charge in [0.2, 0.25) is 0 Å². The van der Waals surface area contributed by atoms with Crippen LogP contribution >= 0.6 is 0 Å². The third-order valence-electron chi connectivity index (χ3n) is 4.26. The van der Waals surface area contributed by atoms with Crippen LogP contribution in [0.25, 0.3) is 0 Å². The van der Waals surface area contributed by atoms with Crippen molar-refractivity contribution in [2.24, 2.45) is 0 Å². The van der Waals surface area contributed by atoms with Gasteiger partial charge in [0.25, 0.3) is 0 Å². The third-order valence-corrected chi connectivity index (χ3v) is 4.26. The number of hydrogen-bond acceptors (Lipinski definition) is 3. The van der Waals surface area contributed by atoms with Gasteiger partial charge in [-0.3, -0.25) is 4.90 Å². The van der Waals surface area contributed by atoms with Gasteiger partial charge in [0.1, 0.15) is 5.75 Å². The van der Waals surface area contributed by atoms with E-state index in [0.717, 1.165) is 37.9 Å². The maximum absolute atomic E-state index is 5.65. The van der Waals surface area contributed by atoms with E-state index in [-0.39, 0.29) is 0 Å². The quantitative estimate of drug-likeness (QED) is 0.794. The second kappa shape index (κ2) is 9.06. The molecule has 118 valence electrons. The van der Waals surface area contributed by atoms with E-state index in [0.29, 0.717) is 0 Å². The zero-order valence-corrected chi connectivity index (χ0v) is 13.6. The van der Waals surface area contributed by atoms with E-state index in [1.54, 1.807) is 0 Å². The molecule has 2 rings (SSSR count). The first kappa shape index (κ1) is 16.3. The number of benzene rings is 1. The zero-order valence-electron chi connectivity index (χ0n) is 13.6. The molecule has 0 aromatic heterocycles. The highest BCUT2D eigenvalue weighted by Gasteiger charge is 2.21. The van der Waals surface area contributed by atoms with E-state index in [1.807, 2.05) is 7.05 Å². The fourth-order valence-corrected chi connectivity index (χ4v) is 3.05. The molecule has 1 aromatic rings. The number of nitrogens with zero attached hydrogens (tertiary/aromatic N) is 1. The van der Waals surface area contributed by atoms with Crippen molar-refractivity contribution in [3.05, 3.63) is 29.8 Å². The van der Waals surface area contributed by atoms with Gasteiger partial charge < -0.3 is 10.1 Å². The van der Waals surface area contributed by atoms with Crippen molar-refractivity contribution >= 4 is 0 Å². The zero-order chi connectivity index (χ0) is 14.9. The highest BCUT2D eigenvalue weighted by atomic mass is 16.5. The van der Waals surface area contributed by atoms with E-state index >= 15 is 0 Å². The molecule has 1 fully saturated rings. The summed E-state index contributed by atoms with van der Waals surface area (Å²) in [5.74, 6) is 0.992. The number of rotatable bonds is 8. The van der Waals surface area contributed by atoms with Gasteiger partial charge in [0, 0.05) is 12.6 Å². The van der Waals surface area contributed by atoms with Gasteiger partial charge in [0.05, 0.1) is 6.61 Å². The normalized spacial score (nSPS) is 19.6. The second-order valence-electron chi connectivity index (χ2n) is 6.00. The summed E-state index contributed by atoms with van der Waals surface area (Å²) in [6.07, 6.45) is 6.39. The van der Waals surface area contributed by atoms with E-state index in [1.165, 1.54) is 37.8 Å². The minimum absolute atomic E-state index is 0.738. The average Bonchev–Trinajstić information content (AvgIpc) is 2.53. The number of hydrogen-bond donors (Lipinski definition) is 1. The van der Waals surface area contributed by atoms with E-state index in [9.17, 15) is 0 Å². The molecule has 0 aliphatic carbocycles. The molecule has 1 heterocycles. The summed E-state index contributed by atoms with van der Waals surface area (Å²) < 4.78 is 5.65. The lowest BCUT2D eigenvalue weighted by molar-refractivity contribution is 0.132. The lowest BCUT2D eigenvalue weighted by Gasteiger charge is -2.36. The Kier molecular flexibility index (Phi) is 7.04. The molecule has 1 aromatic carbocycles. The molecule has 3 nitrogen and oxygen atoms in total. The highest BCUT2D eigenvalue weighted by Crippen LogP contribution is 2.22. The molecule has 0 amide bonds. The number of piperidine rings is 1. The van der Waals surface area contributed by atoms with Gasteiger partial charge in [-0.2, -0.15) is 0 Å². The van der Waals surface area contributed by atoms with Gasteiger partial charge in [0.15, 0.2) is 0 Å². The van der Waals surface area contributed by atoms with Gasteiger partial charge in [-0.15, -0.1) is 0 Å². The Morgan fingerprint density at radius 1 is 1.24 bits per heavy atom. The summed E-state index contributed by atoms with van der Waals surface area (Å²) in [5.41, 5.74) is 1.40. The minimum Gasteiger partial charge on any atom is -0.494 e. The molecule has 0 bridgehead atoms. The van der Waals surface area contributed by atoms with Crippen molar-refractivity contribution in [1.29, 1.82) is 0 Å². The van der Waals surface area contributed by atoms with E-state index in [2.05, 4.69) is 41.4 Å². The molecule has 0 radical (unpaired) electrons. The summed E-state index contributed by atoms with van der Waals surface area (Å²) in [7, 11) is 2.04. The topological polar surface area (TPSA) is 24.5 Å². The summed E-state index contributed by atoms with van der Waals surface area (Å²) in [6, 6.07) is 9.39. The van der Waals surface area contributed by atoms with Crippen molar-refractivity contribution in [2.45, 2.75) is 51.6 Å². The summed E-state index contributed by atoms with van der Waals surface area (Å²) in [5, 5.41) is 3.28. The Morgan fingerprint density at radius 2 is 2.05 bits per heavy atom. The fraction of sp³-hybridized carbons (Fsp3) is 0.667. The van der Waals surface area contributed by atoms with Crippen LogP contribution in [-0.4, -0.2) is 37.7 Å². The molecule has 1 saturated heterocycles. The van der Waals surface area contributed by atoms with Crippen LogP contribution in [0.1, 0.15) is 44.6 Å². The maximum Gasteiger partial charge on any atom is 0.119 e. The standard InChI is InChI=1S/C18H30N2O/c1-3-14-21-18-9-7-16(8-10-18)15-20-13-5-4-6-17(20)11-12-19-2/h7-10,17,19H,3-6,11-15H2,1-2H3. The molecule has 1 aliphatic heterocycles. The van der Waals surface area contributed by atoms with Gasteiger partial charge in [-0.05, 0) is 63.5 Å². The third kappa shape index (κ3) is 5.33. The molecule has 3 heteroatoms. The smallest absolute Gasteiger partial charge is 0.119 e. The average molecular weight is 290 g/mol. The lowest BCUT2D eigenvalue weighted by atomic mass is 9.98. The predicted octanol–water partition coefficient (Wildman–Crippen LogP) is 3.44. The molecule has 1 atom stereocenters. The van der Waals surface area contributed by atoms with Crippen LogP contribution in [0.2, 0.25) is 0 Å². The highest BCUT2D eigenvalue weighted by molar-refractivity contribution is 5.27. The maximum atomic E-state index is 5.65. The molecule has 1 aliphatic rings. The Morgan fingerprint density at radius 3 is 2.76 bits per heavy atom. The van der Waals surface area contributed by atoms with Crippen molar-refractivity contribution < 1.29 is 4.74 Å². The SMILES string of the molecule is CCCOc1ccc(CN2CCCCC2CCNC)cc1. The fourth-order valence-electron chi connectivity index (χ4n) is 3.05. The number of likely N-dealkylation sites (tertiary alicyclic amines) is 1. The first-order valence-corrected chi connectivity index (χ1v) is 8.44.